The van der Waals surface area contributed by atoms with Crippen molar-refractivity contribution >= 4 is 20.8 Å². The third kappa shape index (κ3) is 1.33. The van der Waals surface area contributed by atoms with E-state index in [1.165, 1.54) is 18.2 Å². The highest BCUT2D eigenvalue weighted by atomic mass is 32.2. The summed E-state index contributed by atoms with van der Waals surface area (Å²) in [4.78, 5) is 11.2. The lowest BCUT2D eigenvalue weighted by atomic mass is 10.3. The zero-order valence-corrected chi connectivity index (χ0v) is 8.09. The number of hydrogen-bond donors (Lipinski definition) is 1. The van der Waals surface area contributed by atoms with Crippen molar-refractivity contribution in [2.24, 2.45) is 0 Å². The summed E-state index contributed by atoms with van der Waals surface area (Å²) in [6, 6.07) is 4.14. The van der Waals surface area contributed by atoms with Crippen molar-refractivity contribution in [3.63, 3.8) is 0 Å². The van der Waals surface area contributed by atoms with E-state index in [9.17, 15) is 13.2 Å². The van der Waals surface area contributed by atoms with Gasteiger partial charge in [0.1, 0.15) is 0 Å². The van der Waals surface area contributed by atoms with Gasteiger partial charge >= 0.3 is 0 Å². The zero-order valence-electron chi connectivity index (χ0n) is 7.27. The Kier molecular flexibility index (Phi) is 1.75. The minimum absolute atomic E-state index is 0.108. The summed E-state index contributed by atoms with van der Waals surface area (Å²) in [7, 11) is -3.28. The summed E-state index contributed by atoms with van der Waals surface area (Å²) in [5.74, 6) is 0. The average Bonchev–Trinajstić information content (AvgIpc) is 2.46. The van der Waals surface area contributed by atoms with E-state index in [2.05, 4.69) is 5.16 Å². The molecule has 6 heteroatoms. The largest absolute Gasteiger partial charge is 0.378 e. The summed E-state index contributed by atoms with van der Waals surface area (Å²) in [5, 5.41) is 2.37. The van der Waals surface area contributed by atoms with Gasteiger partial charge in [-0.2, -0.15) is 5.16 Å². The van der Waals surface area contributed by atoms with Crippen molar-refractivity contribution in [3.05, 3.63) is 28.6 Å². The number of H-pyrrole nitrogens is 1. The predicted octanol–water partition coefficient (Wildman–Crippen LogP) is 0.525. The van der Waals surface area contributed by atoms with E-state index in [4.69, 9.17) is 4.52 Å². The first-order chi connectivity index (χ1) is 6.48. The summed E-state index contributed by atoms with van der Waals surface area (Å²) in [6.45, 7) is 0. The minimum Gasteiger partial charge on any atom is -0.378 e. The molecule has 0 aliphatic carbocycles. The number of hydrogen-bond acceptors (Lipinski definition) is 4. The summed E-state index contributed by atoms with van der Waals surface area (Å²) >= 11 is 0. The van der Waals surface area contributed by atoms with Crippen LogP contribution < -0.4 is 5.56 Å². The molecule has 0 atom stereocenters. The molecule has 0 saturated carbocycles. The Morgan fingerprint density at radius 1 is 1.36 bits per heavy atom. The van der Waals surface area contributed by atoms with Crippen LogP contribution in [0, 0.1) is 0 Å². The molecule has 74 valence electrons. The summed E-state index contributed by atoms with van der Waals surface area (Å²) in [5.41, 5.74) is -0.0760. The van der Waals surface area contributed by atoms with Gasteiger partial charge in [-0.25, -0.2) is 8.42 Å². The van der Waals surface area contributed by atoms with Gasteiger partial charge in [0.05, 0.1) is 10.3 Å². The van der Waals surface area contributed by atoms with Crippen molar-refractivity contribution in [2.75, 3.05) is 6.26 Å². The maximum Gasteiger partial charge on any atom is 0.287 e. The molecule has 1 aromatic heterocycles. The lowest BCUT2D eigenvalue weighted by Crippen LogP contribution is -2.00. The number of aromatic nitrogens is 1. The van der Waals surface area contributed by atoms with Gasteiger partial charge in [-0.15, -0.1) is 0 Å². The standard InChI is InChI=1S/C8H7NO4S/c1-14(11,12)5-2-3-7-6(4-5)8(10)9-13-7/h2-4H,1H3,(H,9,10). The molecule has 0 bridgehead atoms. The second-order valence-corrected chi connectivity index (χ2v) is 4.98. The van der Waals surface area contributed by atoms with E-state index in [1.54, 1.807) is 0 Å². The van der Waals surface area contributed by atoms with Crippen molar-refractivity contribution in [3.8, 4) is 0 Å². The van der Waals surface area contributed by atoms with Crippen LogP contribution in [0.4, 0.5) is 0 Å². The quantitative estimate of drug-likeness (QED) is 0.749. The Bertz CT molecular complexity index is 635. The van der Waals surface area contributed by atoms with Crippen LogP contribution in [0.5, 0.6) is 0 Å². The van der Waals surface area contributed by atoms with E-state index < -0.39 is 15.4 Å². The molecule has 0 spiro atoms. The molecule has 1 heterocycles. The second kappa shape index (κ2) is 2.71. The molecule has 1 N–H and O–H groups in total. The first-order valence-electron chi connectivity index (χ1n) is 3.80. The molecule has 14 heavy (non-hydrogen) atoms. The van der Waals surface area contributed by atoms with Gasteiger partial charge in [0.25, 0.3) is 5.56 Å². The number of aromatic amines is 1. The Balaban J connectivity index is 2.86. The maximum atomic E-state index is 11.2. The van der Waals surface area contributed by atoms with Crippen LogP contribution in [-0.2, 0) is 9.84 Å². The molecule has 0 fully saturated rings. The van der Waals surface area contributed by atoms with Gasteiger partial charge in [-0.3, -0.25) is 4.79 Å². The third-order valence-electron chi connectivity index (χ3n) is 1.88. The molecular formula is C8H7NO4S. The Morgan fingerprint density at radius 2 is 2.07 bits per heavy atom. The molecule has 5 nitrogen and oxygen atoms in total. The number of fused-ring (bicyclic) bond motifs is 1. The second-order valence-electron chi connectivity index (χ2n) is 2.96. The van der Waals surface area contributed by atoms with Gasteiger partial charge in [0.2, 0.25) is 0 Å². The first kappa shape index (κ1) is 9.01. The predicted molar refractivity (Wildman–Crippen MR) is 49.9 cm³/mol. The minimum atomic E-state index is -3.28. The summed E-state index contributed by atoms with van der Waals surface area (Å²) < 4.78 is 27.1. The average molecular weight is 213 g/mol. The highest BCUT2D eigenvalue weighted by Gasteiger charge is 2.10. The Labute approximate surface area is 79.2 Å². The number of benzene rings is 1. The fourth-order valence-electron chi connectivity index (χ4n) is 1.16. The molecule has 0 aliphatic heterocycles. The normalized spacial score (nSPS) is 12.1. The highest BCUT2D eigenvalue weighted by molar-refractivity contribution is 7.90. The molecule has 2 aromatic rings. The van der Waals surface area contributed by atoms with Crippen LogP contribution in [0.3, 0.4) is 0 Å². The fraction of sp³-hybridized carbons (Fsp3) is 0.125. The van der Waals surface area contributed by atoms with Crippen molar-refractivity contribution in [1.29, 1.82) is 0 Å². The fourth-order valence-corrected chi connectivity index (χ4v) is 1.81. The molecular weight excluding hydrogens is 206 g/mol. The zero-order chi connectivity index (χ0) is 10.3. The van der Waals surface area contributed by atoms with Crippen LogP contribution in [0.15, 0.2) is 32.4 Å². The third-order valence-corrected chi connectivity index (χ3v) is 2.99. The molecule has 0 radical (unpaired) electrons. The lowest BCUT2D eigenvalue weighted by Gasteiger charge is -1.95. The topological polar surface area (TPSA) is 80.1 Å². The van der Waals surface area contributed by atoms with Gasteiger partial charge in [0, 0.05) is 6.26 Å². The van der Waals surface area contributed by atoms with Crippen molar-refractivity contribution in [2.45, 2.75) is 4.90 Å². The molecule has 0 aliphatic rings. The van der Waals surface area contributed by atoms with Crippen LogP contribution in [0.25, 0.3) is 11.0 Å². The number of rotatable bonds is 1. The Hall–Kier alpha value is -1.56. The molecule has 0 saturated heterocycles. The van der Waals surface area contributed by atoms with E-state index in [1.807, 2.05) is 0 Å². The Morgan fingerprint density at radius 3 is 2.71 bits per heavy atom. The van der Waals surface area contributed by atoms with E-state index in [0.29, 0.717) is 5.58 Å². The maximum absolute atomic E-state index is 11.2. The van der Waals surface area contributed by atoms with Gasteiger partial charge < -0.3 is 4.52 Å². The summed E-state index contributed by atoms with van der Waals surface area (Å²) in [6.07, 6.45) is 1.09. The van der Waals surface area contributed by atoms with Crippen molar-refractivity contribution in [1.82, 2.24) is 5.16 Å². The van der Waals surface area contributed by atoms with Gasteiger partial charge in [0.15, 0.2) is 15.4 Å². The highest BCUT2D eigenvalue weighted by Crippen LogP contribution is 2.15. The number of nitrogens with one attached hydrogen (secondary N) is 1. The SMILES string of the molecule is CS(=O)(=O)c1ccc2o[nH]c(=O)c2c1. The molecule has 0 unspecified atom stereocenters. The molecule has 1 aromatic carbocycles. The van der Waals surface area contributed by atoms with Crippen LogP contribution in [0.2, 0.25) is 0 Å². The molecule has 0 amide bonds. The van der Waals surface area contributed by atoms with Gasteiger partial charge in [-0.1, -0.05) is 0 Å². The number of sulfone groups is 1. The molecule has 2 rings (SSSR count). The van der Waals surface area contributed by atoms with Crippen LogP contribution in [0.1, 0.15) is 0 Å². The smallest absolute Gasteiger partial charge is 0.287 e. The van der Waals surface area contributed by atoms with Crippen molar-refractivity contribution < 1.29 is 12.9 Å². The van der Waals surface area contributed by atoms with Crippen LogP contribution >= 0.6 is 0 Å². The monoisotopic (exact) mass is 213 g/mol. The van der Waals surface area contributed by atoms with E-state index in [0.717, 1.165) is 6.26 Å². The lowest BCUT2D eigenvalue weighted by molar-refractivity contribution is 0.449. The van der Waals surface area contributed by atoms with Gasteiger partial charge in [-0.05, 0) is 18.2 Å². The van der Waals surface area contributed by atoms with E-state index >= 15 is 0 Å². The van der Waals surface area contributed by atoms with E-state index in [-0.39, 0.29) is 10.3 Å². The first-order valence-corrected chi connectivity index (χ1v) is 5.69. The van der Waals surface area contributed by atoms with Crippen LogP contribution in [-0.4, -0.2) is 19.8 Å².